The van der Waals surface area contributed by atoms with Crippen LogP contribution in [0.4, 0.5) is 0 Å². The number of H-pyrrole nitrogens is 1. The molecule has 0 bridgehead atoms. The van der Waals surface area contributed by atoms with Crippen LogP contribution >= 0.6 is 0 Å². The van der Waals surface area contributed by atoms with E-state index in [4.69, 9.17) is 0 Å². The van der Waals surface area contributed by atoms with Crippen molar-refractivity contribution in [1.82, 2.24) is 15.3 Å². The third-order valence-electron chi connectivity index (χ3n) is 3.68. The van der Waals surface area contributed by atoms with Gasteiger partial charge in [0.1, 0.15) is 5.69 Å². The third kappa shape index (κ3) is 3.57. The minimum atomic E-state index is -0.262. The smallest absolute Gasteiger partial charge is 0.267 e. The third-order valence-corrected chi connectivity index (χ3v) is 3.68. The van der Waals surface area contributed by atoms with Gasteiger partial charge < -0.3 is 10.3 Å². The predicted octanol–water partition coefficient (Wildman–Crippen LogP) is 2.88. The van der Waals surface area contributed by atoms with Crippen LogP contribution in [0.5, 0.6) is 0 Å². The molecule has 0 aliphatic carbocycles. The Morgan fingerprint density at radius 3 is 2.62 bits per heavy atom. The first-order valence-electron chi connectivity index (χ1n) is 7.60. The number of ketones is 1. The first kappa shape index (κ1) is 15.7. The van der Waals surface area contributed by atoms with Gasteiger partial charge in [-0.15, -0.1) is 0 Å². The number of aryl methyl sites for hydroxylation is 1. The van der Waals surface area contributed by atoms with Gasteiger partial charge in [-0.05, 0) is 24.6 Å². The fraction of sp³-hybridized carbons (Fsp3) is 0.105. The zero-order valence-electron chi connectivity index (χ0n) is 13.2. The largest absolute Gasteiger partial charge is 0.356 e. The summed E-state index contributed by atoms with van der Waals surface area (Å²) in [5.41, 5.74) is 3.42. The summed E-state index contributed by atoms with van der Waals surface area (Å²) in [5, 5.41) is 2.79. The molecule has 0 saturated carbocycles. The molecule has 24 heavy (non-hydrogen) atoms. The van der Waals surface area contributed by atoms with Gasteiger partial charge in [-0.25, -0.2) is 0 Å². The first-order chi connectivity index (χ1) is 11.6. The highest BCUT2D eigenvalue weighted by Gasteiger charge is 2.14. The molecule has 0 aliphatic heterocycles. The molecule has 0 aliphatic rings. The summed E-state index contributed by atoms with van der Waals surface area (Å²) in [4.78, 5) is 31.4. The van der Waals surface area contributed by atoms with Crippen molar-refractivity contribution < 1.29 is 9.59 Å². The van der Waals surface area contributed by atoms with Crippen molar-refractivity contribution in [2.45, 2.75) is 13.5 Å². The second-order valence-corrected chi connectivity index (χ2v) is 5.54. The Balaban J connectivity index is 1.67. The van der Waals surface area contributed by atoms with Gasteiger partial charge in [-0.1, -0.05) is 35.9 Å². The van der Waals surface area contributed by atoms with Crippen molar-refractivity contribution >= 4 is 11.7 Å². The van der Waals surface area contributed by atoms with Crippen LogP contribution < -0.4 is 5.32 Å². The molecule has 2 N–H and O–H groups in total. The number of carbonyl (C=O) groups excluding carboxylic acids is 2. The van der Waals surface area contributed by atoms with E-state index < -0.39 is 0 Å². The predicted molar refractivity (Wildman–Crippen MR) is 90.8 cm³/mol. The van der Waals surface area contributed by atoms with Gasteiger partial charge in [0.25, 0.3) is 5.91 Å². The van der Waals surface area contributed by atoms with Crippen LogP contribution in [-0.2, 0) is 6.54 Å². The Hall–Kier alpha value is -3.21. The van der Waals surface area contributed by atoms with Crippen LogP contribution in [0.2, 0.25) is 0 Å². The monoisotopic (exact) mass is 319 g/mol. The molecule has 0 spiro atoms. The number of rotatable bonds is 5. The van der Waals surface area contributed by atoms with Gasteiger partial charge in [0.15, 0.2) is 5.78 Å². The summed E-state index contributed by atoms with van der Waals surface area (Å²) in [6.45, 7) is 2.35. The molecule has 0 unspecified atom stereocenters. The van der Waals surface area contributed by atoms with Gasteiger partial charge in [-0.3, -0.25) is 14.6 Å². The average Bonchev–Trinajstić information content (AvgIpc) is 3.11. The van der Waals surface area contributed by atoms with Crippen LogP contribution in [0.15, 0.2) is 61.1 Å². The molecular weight excluding hydrogens is 302 g/mol. The summed E-state index contributed by atoms with van der Waals surface area (Å²) >= 11 is 0. The molecule has 120 valence electrons. The Bertz CT molecular complexity index is 852. The zero-order valence-corrected chi connectivity index (χ0v) is 13.2. The van der Waals surface area contributed by atoms with Gasteiger partial charge >= 0.3 is 0 Å². The van der Waals surface area contributed by atoms with Crippen LogP contribution in [-0.4, -0.2) is 21.7 Å². The summed E-state index contributed by atoms with van der Waals surface area (Å²) in [7, 11) is 0. The second-order valence-electron chi connectivity index (χ2n) is 5.54. The maximum atomic E-state index is 12.4. The van der Waals surface area contributed by atoms with E-state index in [-0.39, 0.29) is 11.7 Å². The van der Waals surface area contributed by atoms with Crippen molar-refractivity contribution in [3.63, 3.8) is 0 Å². The molecule has 0 fully saturated rings. The zero-order chi connectivity index (χ0) is 16.9. The number of hydrogen-bond acceptors (Lipinski definition) is 3. The average molecular weight is 319 g/mol. The van der Waals surface area contributed by atoms with E-state index in [9.17, 15) is 9.59 Å². The summed E-state index contributed by atoms with van der Waals surface area (Å²) in [6.07, 6.45) is 4.93. The standard InChI is InChI=1S/C19H17N3O2/c1-13-4-6-15(7-5-13)18(23)16-9-17(21-12-16)19(24)22-11-14-3-2-8-20-10-14/h2-10,12,21H,11H2,1H3,(H,22,24). The lowest BCUT2D eigenvalue weighted by Gasteiger charge is -2.03. The lowest BCUT2D eigenvalue weighted by Crippen LogP contribution is -2.23. The second kappa shape index (κ2) is 6.91. The highest BCUT2D eigenvalue weighted by molar-refractivity contribution is 6.10. The Labute approximate surface area is 139 Å². The number of nitrogens with one attached hydrogen (secondary N) is 2. The number of pyridine rings is 1. The molecule has 0 saturated heterocycles. The number of nitrogens with zero attached hydrogens (tertiary/aromatic N) is 1. The van der Waals surface area contributed by atoms with Crippen molar-refractivity contribution in [3.05, 3.63) is 89.0 Å². The van der Waals surface area contributed by atoms with Crippen molar-refractivity contribution in [2.24, 2.45) is 0 Å². The van der Waals surface area contributed by atoms with Crippen molar-refractivity contribution in [1.29, 1.82) is 0 Å². The quantitative estimate of drug-likeness (QED) is 0.710. The number of carbonyl (C=O) groups is 2. The molecule has 1 amide bonds. The van der Waals surface area contributed by atoms with Crippen molar-refractivity contribution in [3.8, 4) is 0 Å². The highest BCUT2D eigenvalue weighted by atomic mass is 16.2. The minimum Gasteiger partial charge on any atom is -0.356 e. The SMILES string of the molecule is Cc1ccc(C(=O)c2c[nH]c(C(=O)NCc3cccnc3)c2)cc1. The van der Waals surface area contributed by atoms with E-state index in [1.165, 1.54) is 0 Å². The Morgan fingerprint density at radius 1 is 1.12 bits per heavy atom. The van der Waals surface area contributed by atoms with Gasteiger partial charge in [0.05, 0.1) is 0 Å². The van der Waals surface area contributed by atoms with E-state index in [1.807, 2.05) is 31.2 Å². The fourth-order valence-corrected chi connectivity index (χ4v) is 2.31. The van der Waals surface area contributed by atoms with Crippen molar-refractivity contribution in [2.75, 3.05) is 0 Å². The molecule has 1 aromatic carbocycles. The van der Waals surface area contributed by atoms with Crippen LogP contribution in [0.1, 0.15) is 37.5 Å². The maximum Gasteiger partial charge on any atom is 0.267 e. The minimum absolute atomic E-state index is 0.113. The van der Waals surface area contributed by atoms with Gasteiger partial charge in [-0.2, -0.15) is 0 Å². The maximum absolute atomic E-state index is 12.4. The highest BCUT2D eigenvalue weighted by Crippen LogP contribution is 2.12. The lowest BCUT2D eigenvalue weighted by molar-refractivity contribution is 0.0946. The number of aromatic nitrogens is 2. The van der Waals surface area contributed by atoms with Crippen LogP contribution in [0.25, 0.3) is 0 Å². The molecular formula is C19H17N3O2. The van der Waals surface area contributed by atoms with E-state index in [0.717, 1.165) is 11.1 Å². The van der Waals surface area contributed by atoms with E-state index in [2.05, 4.69) is 15.3 Å². The number of hydrogen-bond donors (Lipinski definition) is 2. The normalized spacial score (nSPS) is 10.4. The Kier molecular flexibility index (Phi) is 4.52. The first-order valence-corrected chi connectivity index (χ1v) is 7.60. The van der Waals surface area contributed by atoms with Gasteiger partial charge in [0.2, 0.25) is 0 Å². The number of benzene rings is 1. The molecule has 0 radical (unpaired) electrons. The van der Waals surface area contributed by atoms with Gasteiger partial charge in [0, 0.05) is 36.3 Å². The summed E-state index contributed by atoms with van der Waals surface area (Å²) in [6, 6.07) is 12.6. The number of amides is 1. The molecule has 5 heteroatoms. The molecule has 0 atom stereocenters. The van der Waals surface area contributed by atoms with E-state index >= 15 is 0 Å². The van der Waals surface area contributed by atoms with Crippen LogP contribution in [0, 0.1) is 6.92 Å². The van der Waals surface area contributed by atoms with Crippen LogP contribution in [0.3, 0.4) is 0 Å². The number of aromatic amines is 1. The summed E-state index contributed by atoms with van der Waals surface area (Å²) < 4.78 is 0. The molecule has 3 aromatic rings. The molecule has 2 aromatic heterocycles. The summed E-state index contributed by atoms with van der Waals surface area (Å²) in [5.74, 6) is -0.376. The van der Waals surface area contributed by atoms with E-state index in [0.29, 0.717) is 23.4 Å². The molecule has 2 heterocycles. The molecule has 5 nitrogen and oxygen atoms in total. The fourth-order valence-electron chi connectivity index (χ4n) is 2.31. The Morgan fingerprint density at radius 2 is 1.92 bits per heavy atom. The van der Waals surface area contributed by atoms with E-state index in [1.54, 1.807) is 36.8 Å². The topological polar surface area (TPSA) is 74.8 Å². The molecule has 3 rings (SSSR count). The lowest BCUT2D eigenvalue weighted by atomic mass is 10.0.